The number of likely N-dealkylation sites (N-methyl/N-ethyl adjacent to an activating group) is 1. The van der Waals surface area contributed by atoms with Gasteiger partial charge in [-0.25, -0.2) is 9.59 Å². The molecule has 1 N–H and O–H groups in total. The maximum absolute atomic E-state index is 12.9. The van der Waals surface area contributed by atoms with Crippen LogP contribution in [0.1, 0.15) is 79.3 Å². The molecule has 1 aliphatic rings. The third-order valence-electron chi connectivity index (χ3n) is 5.72. The van der Waals surface area contributed by atoms with Crippen molar-refractivity contribution in [1.82, 2.24) is 14.1 Å². The first-order chi connectivity index (χ1) is 16.4. The summed E-state index contributed by atoms with van der Waals surface area (Å²) in [6, 6.07) is -0.785. The highest BCUT2D eigenvalue weighted by atomic mass is 127. The van der Waals surface area contributed by atoms with E-state index in [4.69, 9.17) is 14.2 Å². The molecule has 0 spiro atoms. The van der Waals surface area contributed by atoms with E-state index in [1.54, 1.807) is 20.8 Å². The highest BCUT2D eigenvalue weighted by Gasteiger charge is 2.34. The monoisotopic (exact) mass is 638 g/mol. The first-order valence-corrected chi connectivity index (χ1v) is 13.3. The van der Waals surface area contributed by atoms with Crippen molar-refractivity contribution >= 4 is 29.4 Å². The van der Waals surface area contributed by atoms with Gasteiger partial charge in [-0.1, -0.05) is 46.1 Å². The number of carbonyl (C=O) groups is 2. The Kier molecular flexibility index (Phi) is 13.6. The van der Waals surface area contributed by atoms with Crippen LogP contribution in [-0.4, -0.2) is 70.4 Å². The zero-order chi connectivity index (χ0) is 26.1. The Morgan fingerprint density at radius 1 is 1.19 bits per heavy atom. The van der Waals surface area contributed by atoms with Gasteiger partial charge in [0.05, 0.1) is 31.9 Å². The molecule has 0 fully saturated rings. The molecule has 36 heavy (non-hydrogen) atoms. The average Bonchev–Trinajstić information content (AvgIpc) is 3.23. The Labute approximate surface area is 237 Å². The highest BCUT2D eigenvalue weighted by molar-refractivity contribution is 6.99. The summed E-state index contributed by atoms with van der Waals surface area (Å²) in [5.41, 5.74) is 1.19. The second-order valence-corrected chi connectivity index (χ2v) is 11.3. The number of hydrogen-bond acceptors (Lipinski definition) is 8. The lowest BCUT2D eigenvalue weighted by molar-refractivity contribution is -0.919. The summed E-state index contributed by atoms with van der Waals surface area (Å²) in [6.45, 7) is 13.6. The minimum Gasteiger partial charge on any atom is -1.00 e. The summed E-state index contributed by atoms with van der Waals surface area (Å²) in [6.07, 6.45) is 6.91. The molecule has 2 atom stereocenters. The number of esters is 1. The van der Waals surface area contributed by atoms with Gasteiger partial charge in [-0.2, -0.15) is 4.37 Å². The molecule has 1 amide bonds. The van der Waals surface area contributed by atoms with E-state index in [0.29, 0.717) is 23.5 Å². The predicted molar refractivity (Wildman–Crippen MR) is 137 cm³/mol. The van der Waals surface area contributed by atoms with Gasteiger partial charge in [0.25, 0.3) is 5.88 Å². The van der Waals surface area contributed by atoms with E-state index in [0.717, 1.165) is 48.8 Å². The number of aromatic nitrogens is 2. The maximum Gasteiger partial charge on any atom is 0.408 e. The molecule has 0 aromatic carbocycles. The summed E-state index contributed by atoms with van der Waals surface area (Å²) in [7, 11) is 2.05. The van der Waals surface area contributed by atoms with Crippen LogP contribution in [-0.2, 0) is 14.3 Å². The fraction of sp³-hybridized carbons (Fsp3) is 0.760. The number of amides is 1. The molecule has 1 unspecified atom stereocenters. The Bertz CT molecular complexity index is 871. The molecule has 9 nitrogen and oxygen atoms in total. The number of unbranched alkanes of at least 4 members (excludes halogenated alkanes) is 3. The van der Waals surface area contributed by atoms with Crippen molar-refractivity contribution in [3.8, 4) is 5.88 Å². The number of halogens is 1. The van der Waals surface area contributed by atoms with E-state index < -0.39 is 23.7 Å². The van der Waals surface area contributed by atoms with Gasteiger partial charge in [0.2, 0.25) is 6.73 Å². The van der Waals surface area contributed by atoms with Gasteiger partial charge >= 0.3 is 12.1 Å². The van der Waals surface area contributed by atoms with E-state index in [1.807, 2.05) is 13.8 Å². The fourth-order valence-electron chi connectivity index (χ4n) is 3.80. The van der Waals surface area contributed by atoms with E-state index >= 15 is 0 Å². The molecule has 0 aliphatic carbocycles. The second-order valence-electron chi connectivity index (χ2n) is 10.8. The van der Waals surface area contributed by atoms with Crippen molar-refractivity contribution < 1.29 is 52.3 Å². The molecule has 11 heteroatoms. The molecular formula is C25H43IN4O5S. The number of carbonyl (C=O) groups excluding carboxylic acids is 2. The molecule has 0 saturated carbocycles. The number of alkyl carbamates (subject to hydrolysis) is 1. The van der Waals surface area contributed by atoms with E-state index in [-0.39, 0.29) is 36.6 Å². The molecule has 2 rings (SSSR count). The third-order valence-corrected chi connectivity index (χ3v) is 6.23. The molecule has 0 bridgehead atoms. The van der Waals surface area contributed by atoms with Crippen LogP contribution >= 0.6 is 11.7 Å². The van der Waals surface area contributed by atoms with E-state index in [9.17, 15) is 9.59 Å². The Morgan fingerprint density at radius 2 is 1.92 bits per heavy atom. The van der Waals surface area contributed by atoms with Crippen molar-refractivity contribution in [3.05, 3.63) is 11.8 Å². The van der Waals surface area contributed by atoms with Gasteiger partial charge < -0.3 is 43.5 Å². The summed E-state index contributed by atoms with van der Waals surface area (Å²) in [5.74, 6) is -0.0207. The van der Waals surface area contributed by atoms with Gasteiger partial charge in [0.15, 0.2) is 0 Å². The lowest BCUT2D eigenvalue weighted by atomic mass is 10.0. The van der Waals surface area contributed by atoms with Crippen LogP contribution in [0, 0.1) is 5.92 Å². The molecular weight excluding hydrogens is 595 g/mol. The molecule has 206 valence electrons. The fourth-order valence-corrected chi connectivity index (χ4v) is 4.33. The minimum atomic E-state index is -0.785. The Balaban J connectivity index is 0.00000648. The molecule has 1 aromatic rings. The summed E-state index contributed by atoms with van der Waals surface area (Å²) in [5, 5.41) is 2.66. The Morgan fingerprint density at radius 3 is 2.56 bits per heavy atom. The topological polar surface area (TPSA) is 99.6 Å². The predicted octanol–water partition coefficient (Wildman–Crippen LogP) is 1.78. The number of hydrogen-bond donors (Lipinski definition) is 1. The zero-order valence-corrected chi connectivity index (χ0v) is 25.7. The van der Waals surface area contributed by atoms with Crippen LogP contribution in [0.15, 0.2) is 6.08 Å². The number of rotatable bonds is 12. The van der Waals surface area contributed by atoms with E-state index in [2.05, 4.69) is 34.1 Å². The van der Waals surface area contributed by atoms with Crippen LogP contribution in [0.25, 0.3) is 5.57 Å². The molecule has 0 radical (unpaired) electrons. The third kappa shape index (κ3) is 10.9. The average molecular weight is 639 g/mol. The minimum absolute atomic E-state index is 0. The maximum atomic E-state index is 12.9. The molecule has 1 aliphatic heterocycles. The first-order valence-electron chi connectivity index (χ1n) is 12.6. The van der Waals surface area contributed by atoms with Crippen molar-refractivity contribution in [2.24, 2.45) is 5.92 Å². The molecule has 1 aromatic heterocycles. The highest BCUT2D eigenvalue weighted by Crippen LogP contribution is 2.30. The van der Waals surface area contributed by atoms with Gasteiger partial charge in [0.1, 0.15) is 23.9 Å². The normalized spacial score (nSPS) is 18.6. The number of nitrogens with zero attached hydrogens (tertiary/aromatic N) is 3. The van der Waals surface area contributed by atoms with Crippen molar-refractivity contribution in [2.75, 3.05) is 33.5 Å². The number of nitrogens with one attached hydrogen (secondary N) is 1. The SMILES string of the molecule is CCCCCCOc1nsnc1C1=CCC[N+](C)(COC(=O)[C@@H](NC(=O)OC(C)(C)C)C(C)C)C1.[I-]. The van der Waals surface area contributed by atoms with E-state index in [1.165, 1.54) is 12.8 Å². The summed E-state index contributed by atoms with van der Waals surface area (Å²) in [4.78, 5) is 25.1. The smallest absolute Gasteiger partial charge is 0.408 e. The van der Waals surface area contributed by atoms with Crippen LogP contribution < -0.4 is 34.0 Å². The summed E-state index contributed by atoms with van der Waals surface area (Å²) < 4.78 is 26.3. The van der Waals surface area contributed by atoms with Gasteiger partial charge in [0, 0.05) is 12.0 Å². The lowest BCUT2D eigenvalue weighted by Gasteiger charge is -2.37. The quantitative estimate of drug-likeness (QED) is 0.161. The number of quaternary nitrogens is 1. The van der Waals surface area contributed by atoms with Crippen molar-refractivity contribution in [2.45, 2.75) is 85.3 Å². The van der Waals surface area contributed by atoms with Gasteiger partial charge in [-0.15, -0.1) is 4.37 Å². The van der Waals surface area contributed by atoms with Crippen LogP contribution in [0.4, 0.5) is 4.79 Å². The van der Waals surface area contributed by atoms with Crippen molar-refractivity contribution in [1.29, 1.82) is 0 Å². The first kappa shape index (κ1) is 32.6. The standard InChI is InChI=1S/C25H42N4O5S.HI/c1-8-9-10-11-15-32-22-21(27-35-28-22)19-13-12-14-29(7,16-19)17-33-23(30)20(18(2)3)26-24(31)34-25(4,5)6;/h13,18,20H,8-12,14-17H2,1-7H3;1H/t20-,29?;/m0./s1. The largest absolute Gasteiger partial charge is 1.00 e. The number of ether oxygens (including phenoxy) is 3. The van der Waals surface area contributed by atoms with Crippen LogP contribution in [0.5, 0.6) is 5.88 Å². The van der Waals surface area contributed by atoms with Gasteiger partial charge in [-0.05, 0) is 33.1 Å². The Hall–Kier alpha value is -1.47. The molecule has 0 saturated heterocycles. The van der Waals surface area contributed by atoms with Crippen molar-refractivity contribution in [3.63, 3.8) is 0 Å². The summed E-state index contributed by atoms with van der Waals surface area (Å²) >= 11 is 1.15. The zero-order valence-electron chi connectivity index (χ0n) is 22.8. The van der Waals surface area contributed by atoms with Gasteiger partial charge in [-0.3, -0.25) is 4.48 Å². The molecule has 2 heterocycles. The van der Waals surface area contributed by atoms with Crippen LogP contribution in [0.2, 0.25) is 0 Å². The lowest BCUT2D eigenvalue weighted by Crippen LogP contribution is -3.00. The van der Waals surface area contributed by atoms with Crippen LogP contribution in [0.3, 0.4) is 0 Å². The second kappa shape index (κ2) is 15.1.